The van der Waals surface area contributed by atoms with E-state index in [9.17, 15) is 4.79 Å². The quantitative estimate of drug-likeness (QED) is 0.695. The Balaban J connectivity index is 2.31. The third-order valence-electron chi connectivity index (χ3n) is 1.37. The number of nitrogens with zero attached hydrogens (tertiary/aromatic N) is 2. The van der Waals surface area contributed by atoms with Gasteiger partial charge in [0.05, 0.1) is 12.2 Å². The van der Waals surface area contributed by atoms with Crippen molar-refractivity contribution in [3.8, 4) is 0 Å². The van der Waals surface area contributed by atoms with Gasteiger partial charge in [0.15, 0.2) is 0 Å². The van der Waals surface area contributed by atoms with Crippen molar-refractivity contribution in [3.05, 3.63) is 24.0 Å². The SMILES string of the molecule is COCC(=O)NCc1cccnn1. The molecule has 0 bridgehead atoms. The molecule has 0 atom stereocenters. The van der Waals surface area contributed by atoms with Crippen molar-refractivity contribution >= 4 is 5.91 Å². The van der Waals surface area contributed by atoms with Gasteiger partial charge in [-0.3, -0.25) is 4.79 Å². The van der Waals surface area contributed by atoms with Crippen LogP contribution in [0, 0.1) is 0 Å². The highest BCUT2D eigenvalue weighted by Crippen LogP contribution is 1.88. The third-order valence-corrected chi connectivity index (χ3v) is 1.37. The lowest BCUT2D eigenvalue weighted by Gasteiger charge is -2.02. The van der Waals surface area contributed by atoms with E-state index < -0.39 is 0 Å². The molecule has 1 amide bonds. The molecular formula is C8H11N3O2. The molecule has 1 heterocycles. The third kappa shape index (κ3) is 3.62. The van der Waals surface area contributed by atoms with Crippen molar-refractivity contribution in [2.24, 2.45) is 0 Å². The molecule has 0 unspecified atom stereocenters. The first-order valence-corrected chi connectivity index (χ1v) is 3.85. The summed E-state index contributed by atoms with van der Waals surface area (Å²) >= 11 is 0. The molecule has 1 aromatic rings. The molecule has 0 fully saturated rings. The van der Waals surface area contributed by atoms with Crippen LogP contribution in [0.15, 0.2) is 18.3 Å². The summed E-state index contributed by atoms with van der Waals surface area (Å²) in [5.41, 5.74) is 0.729. The van der Waals surface area contributed by atoms with Gasteiger partial charge in [0.25, 0.3) is 0 Å². The van der Waals surface area contributed by atoms with Crippen molar-refractivity contribution in [1.82, 2.24) is 15.5 Å². The lowest BCUT2D eigenvalue weighted by molar-refractivity contribution is -0.124. The van der Waals surface area contributed by atoms with Crippen LogP contribution in [-0.2, 0) is 16.1 Å². The molecule has 5 nitrogen and oxygen atoms in total. The Bertz CT molecular complexity index is 263. The molecule has 1 aromatic heterocycles. The number of carbonyl (C=O) groups excluding carboxylic acids is 1. The van der Waals surface area contributed by atoms with E-state index in [-0.39, 0.29) is 12.5 Å². The first kappa shape index (κ1) is 9.60. The van der Waals surface area contributed by atoms with Crippen LogP contribution in [0.2, 0.25) is 0 Å². The van der Waals surface area contributed by atoms with Crippen molar-refractivity contribution in [1.29, 1.82) is 0 Å². The van der Waals surface area contributed by atoms with E-state index in [1.165, 1.54) is 7.11 Å². The minimum Gasteiger partial charge on any atom is -0.375 e. The van der Waals surface area contributed by atoms with Crippen LogP contribution in [0.1, 0.15) is 5.69 Å². The smallest absolute Gasteiger partial charge is 0.246 e. The van der Waals surface area contributed by atoms with Gasteiger partial charge in [-0.1, -0.05) is 0 Å². The molecule has 0 radical (unpaired) electrons. The number of amides is 1. The van der Waals surface area contributed by atoms with E-state index in [4.69, 9.17) is 0 Å². The van der Waals surface area contributed by atoms with Gasteiger partial charge in [-0.2, -0.15) is 10.2 Å². The van der Waals surface area contributed by atoms with Gasteiger partial charge >= 0.3 is 0 Å². The van der Waals surface area contributed by atoms with Gasteiger partial charge < -0.3 is 10.1 Å². The maximum atomic E-state index is 10.9. The zero-order valence-corrected chi connectivity index (χ0v) is 7.36. The minimum atomic E-state index is -0.159. The zero-order valence-electron chi connectivity index (χ0n) is 7.36. The van der Waals surface area contributed by atoms with Crippen LogP contribution >= 0.6 is 0 Å². The fourth-order valence-corrected chi connectivity index (χ4v) is 0.799. The highest BCUT2D eigenvalue weighted by molar-refractivity contribution is 5.77. The standard InChI is InChI=1S/C8H11N3O2/c1-13-6-8(12)9-5-7-3-2-4-10-11-7/h2-4H,5-6H2,1H3,(H,9,12). The number of aromatic nitrogens is 2. The number of methoxy groups -OCH3 is 1. The van der Waals surface area contributed by atoms with E-state index in [2.05, 4.69) is 20.3 Å². The molecule has 0 aromatic carbocycles. The zero-order chi connectivity index (χ0) is 9.52. The van der Waals surface area contributed by atoms with Gasteiger partial charge in [0.2, 0.25) is 5.91 Å². The Morgan fingerprint density at radius 3 is 3.15 bits per heavy atom. The summed E-state index contributed by atoms with van der Waals surface area (Å²) < 4.78 is 4.64. The largest absolute Gasteiger partial charge is 0.375 e. The summed E-state index contributed by atoms with van der Waals surface area (Å²) in [4.78, 5) is 10.9. The molecule has 1 N–H and O–H groups in total. The maximum absolute atomic E-state index is 10.9. The average molecular weight is 181 g/mol. The molecule has 0 aliphatic rings. The first-order valence-electron chi connectivity index (χ1n) is 3.85. The Kier molecular flexibility index (Phi) is 3.84. The molecule has 0 aliphatic carbocycles. The number of carbonyl (C=O) groups is 1. The Morgan fingerprint density at radius 2 is 2.54 bits per heavy atom. The number of nitrogens with one attached hydrogen (secondary N) is 1. The molecule has 1 rings (SSSR count). The summed E-state index contributed by atoms with van der Waals surface area (Å²) in [5.74, 6) is -0.159. The predicted octanol–water partition coefficient (Wildman–Crippen LogP) is -0.261. The van der Waals surface area contributed by atoms with Crippen molar-refractivity contribution in [2.45, 2.75) is 6.54 Å². The molecular weight excluding hydrogens is 170 g/mol. The highest BCUT2D eigenvalue weighted by atomic mass is 16.5. The molecule has 0 aliphatic heterocycles. The van der Waals surface area contributed by atoms with Crippen LogP contribution in [-0.4, -0.2) is 29.8 Å². The summed E-state index contributed by atoms with van der Waals surface area (Å²) in [6, 6.07) is 3.56. The average Bonchev–Trinajstić information content (AvgIpc) is 2.17. The Labute approximate surface area is 76.1 Å². The van der Waals surface area contributed by atoms with Crippen LogP contribution < -0.4 is 5.32 Å². The molecule has 0 spiro atoms. The van der Waals surface area contributed by atoms with Crippen LogP contribution in [0.25, 0.3) is 0 Å². The monoisotopic (exact) mass is 181 g/mol. The number of hydrogen-bond acceptors (Lipinski definition) is 4. The fourth-order valence-electron chi connectivity index (χ4n) is 0.799. The van der Waals surface area contributed by atoms with Gasteiger partial charge in [0, 0.05) is 13.3 Å². The highest BCUT2D eigenvalue weighted by Gasteiger charge is 1.99. The van der Waals surface area contributed by atoms with Gasteiger partial charge in [-0.05, 0) is 12.1 Å². The minimum absolute atomic E-state index is 0.0697. The van der Waals surface area contributed by atoms with E-state index in [0.717, 1.165) is 5.69 Å². The van der Waals surface area contributed by atoms with Crippen molar-refractivity contribution in [2.75, 3.05) is 13.7 Å². The molecule has 5 heteroatoms. The number of rotatable bonds is 4. The van der Waals surface area contributed by atoms with Gasteiger partial charge in [-0.15, -0.1) is 0 Å². The van der Waals surface area contributed by atoms with E-state index in [1.807, 2.05) is 0 Å². The predicted molar refractivity (Wildman–Crippen MR) is 45.8 cm³/mol. The molecule has 13 heavy (non-hydrogen) atoms. The lowest BCUT2D eigenvalue weighted by atomic mass is 10.4. The lowest BCUT2D eigenvalue weighted by Crippen LogP contribution is -2.26. The fraction of sp³-hybridized carbons (Fsp3) is 0.375. The molecule has 0 saturated heterocycles. The van der Waals surface area contributed by atoms with E-state index >= 15 is 0 Å². The van der Waals surface area contributed by atoms with Gasteiger partial charge in [0.1, 0.15) is 6.61 Å². The van der Waals surface area contributed by atoms with E-state index in [0.29, 0.717) is 6.54 Å². The second kappa shape index (κ2) is 5.21. The second-order valence-electron chi connectivity index (χ2n) is 2.42. The summed E-state index contributed by atoms with van der Waals surface area (Å²) in [5, 5.41) is 10.1. The molecule has 0 saturated carbocycles. The molecule has 70 valence electrons. The van der Waals surface area contributed by atoms with Crippen molar-refractivity contribution < 1.29 is 9.53 Å². The topological polar surface area (TPSA) is 64.1 Å². The summed E-state index contributed by atoms with van der Waals surface area (Å²) in [6.07, 6.45) is 1.58. The number of ether oxygens (including phenoxy) is 1. The second-order valence-corrected chi connectivity index (χ2v) is 2.42. The van der Waals surface area contributed by atoms with Crippen LogP contribution in [0.5, 0.6) is 0 Å². The number of hydrogen-bond donors (Lipinski definition) is 1. The summed E-state index contributed by atoms with van der Waals surface area (Å²) in [7, 11) is 1.47. The van der Waals surface area contributed by atoms with E-state index in [1.54, 1.807) is 18.3 Å². The van der Waals surface area contributed by atoms with Crippen molar-refractivity contribution in [3.63, 3.8) is 0 Å². The Hall–Kier alpha value is -1.49. The van der Waals surface area contributed by atoms with Crippen LogP contribution in [0.3, 0.4) is 0 Å². The first-order chi connectivity index (χ1) is 6.33. The van der Waals surface area contributed by atoms with Gasteiger partial charge in [-0.25, -0.2) is 0 Å². The normalized spacial score (nSPS) is 9.62. The Morgan fingerprint density at radius 1 is 1.69 bits per heavy atom. The van der Waals surface area contributed by atoms with Crippen LogP contribution in [0.4, 0.5) is 0 Å². The maximum Gasteiger partial charge on any atom is 0.246 e. The summed E-state index contributed by atoms with van der Waals surface area (Å²) in [6.45, 7) is 0.455.